The van der Waals surface area contributed by atoms with Gasteiger partial charge in [0.05, 0.1) is 0 Å². The monoisotopic (exact) mass is 276 g/mol. The smallest absolute Gasteiger partial charge is 0.311 e. The Morgan fingerprint density at radius 3 is 2.52 bits per heavy atom. The van der Waals surface area contributed by atoms with Crippen LogP contribution in [0.1, 0.15) is 12.8 Å². The molecule has 104 valence electrons. The van der Waals surface area contributed by atoms with Crippen LogP contribution in [-0.4, -0.2) is 5.97 Å². The summed E-state index contributed by atoms with van der Waals surface area (Å²) in [5.74, 6) is 0.363. The normalized spacial score (nSPS) is 10.7. The summed E-state index contributed by atoms with van der Waals surface area (Å²) in [5.41, 5.74) is 0. The van der Waals surface area contributed by atoms with Crippen LogP contribution in [0.2, 0.25) is 0 Å². The van der Waals surface area contributed by atoms with E-state index in [-0.39, 0.29) is 5.97 Å². The van der Waals surface area contributed by atoms with Crippen LogP contribution in [0.5, 0.6) is 5.75 Å². The van der Waals surface area contributed by atoms with Gasteiger partial charge in [0.2, 0.25) is 0 Å². The zero-order valence-corrected chi connectivity index (χ0v) is 11.7. The van der Waals surface area contributed by atoms with Gasteiger partial charge in [-0.05, 0) is 40.1 Å². The highest BCUT2D eigenvalue weighted by Crippen LogP contribution is 2.28. The molecule has 3 rings (SSSR count). The van der Waals surface area contributed by atoms with Gasteiger partial charge in [0, 0.05) is 6.42 Å². The maximum atomic E-state index is 11.7. The van der Waals surface area contributed by atoms with Crippen LogP contribution in [0.4, 0.5) is 0 Å². The topological polar surface area (TPSA) is 26.3 Å². The molecule has 0 unspecified atom stereocenters. The van der Waals surface area contributed by atoms with Crippen LogP contribution in [-0.2, 0) is 4.79 Å². The molecular weight excluding hydrogens is 260 g/mol. The number of esters is 1. The Hall–Kier alpha value is -2.61. The predicted molar refractivity (Wildman–Crippen MR) is 86.5 cm³/mol. The Labute approximate surface area is 123 Å². The summed E-state index contributed by atoms with van der Waals surface area (Å²) in [4.78, 5) is 11.7. The third-order valence-electron chi connectivity index (χ3n) is 3.50. The molecule has 0 fully saturated rings. The number of fused-ring (bicyclic) bond motifs is 3. The fourth-order valence-electron chi connectivity index (χ4n) is 2.45. The van der Waals surface area contributed by atoms with E-state index in [0.29, 0.717) is 18.6 Å². The summed E-state index contributed by atoms with van der Waals surface area (Å²) in [6.07, 6.45) is 2.71. The lowest BCUT2D eigenvalue weighted by atomic mass is 10.0. The molecule has 2 nitrogen and oxygen atoms in total. The first-order chi connectivity index (χ1) is 10.3. The number of carbonyl (C=O) groups is 1. The number of carbonyl (C=O) groups excluding carboxylic acids is 1. The van der Waals surface area contributed by atoms with E-state index >= 15 is 0 Å². The Balaban J connectivity index is 2.00. The van der Waals surface area contributed by atoms with Crippen LogP contribution in [0.3, 0.4) is 0 Å². The van der Waals surface area contributed by atoms with E-state index in [1.807, 2.05) is 30.3 Å². The second kappa shape index (κ2) is 5.80. The van der Waals surface area contributed by atoms with Crippen molar-refractivity contribution in [3.05, 3.63) is 67.3 Å². The molecule has 0 atom stereocenters. The van der Waals surface area contributed by atoms with E-state index in [4.69, 9.17) is 4.74 Å². The van der Waals surface area contributed by atoms with Crippen molar-refractivity contribution < 1.29 is 9.53 Å². The highest BCUT2D eigenvalue weighted by molar-refractivity contribution is 6.07. The highest BCUT2D eigenvalue weighted by atomic mass is 16.5. The Morgan fingerprint density at radius 2 is 1.71 bits per heavy atom. The lowest BCUT2D eigenvalue weighted by molar-refractivity contribution is -0.134. The molecule has 0 aromatic heterocycles. The molecule has 0 spiro atoms. The first-order valence-electron chi connectivity index (χ1n) is 7.01. The van der Waals surface area contributed by atoms with Gasteiger partial charge in [-0.3, -0.25) is 4.79 Å². The van der Waals surface area contributed by atoms with Gasteiger partial charge in [0.25, 0.3) is 0 Å². The van der Waals surface area contributed by atoms with E-state index in [1.165, 1.54) is 10.8 Å². The second-order valence-electron chi connectivity index (χ2n) is 4.97. The molecule has 0 saturated heterocycles. The van der Waals surface area contributed by atoms with Crippen molar-refractivity contribution in [3.8, 4) is 5.75 Å². The minimum atomic E-state index is -0.227. The third-order valence-corrected chi connectivity index (χ3v) is 3.50. The number of allylic oxidation sites excluding steroid dienone is 1. The van der Waals surface area contributed by atoms with Crippen molar-refractivity contribution in [1.82, 2.24) is 0 Å². The van der Waals surface area contributed by atoms with Gasteiger partial charge in [0.1, 0.15) is 5.75 Å². The summed E-state index contributed by atoms with van der Waals surface area (Å²) >= 11 is 0. The van der Waals surface area contributed by atoms with Gasteiger partial charge >= 0.3 is 5.97 Å². The summed E-state index contributed by atoms with van der Waals surface area (Å²) in [6, 6.07) is 18.1. The average molecular weight is 276 g/mol. The van der Waals surface area contributed by atoms with Crippen LogP contribution in [0.25, 0.3) is 21.5 Å². The van der Waals surface area contributed by atoms with E-state index < -0.39 is 0 Å². The summed E-state index contributed by atoms with van der Waals surface area (Å²) in [5, 5.41) is 4.58. The molecule has 0 radical (unpaired) electrons. The van der Waals surface area contributed by atoms with Crippen molar-refractivity contribution in [1.29, 1.82) is 0 Å². The molecule has 0 heterocycles. The SMILES string of the molecule is C=CCCC(=O)Oc1ccc2ccc3ccccc3c2c1. The summed E-state index contributed by atoms with van der Waals surface area (Å²) in [6.45, 7) is 3.61. The van der Waals surface area contributed by atoms with E-state index in [1.54, 1.807) is 6.08 Å². The quantitative estimate of drug-likeness (QED) is 0.294. The Morgan fingerprint density at radius 1 is 1.00 bits per heavy atom. The lowest BCUT2D eigenvalue weighted by Crippen LogP contribution is -2.06. The first-order valence-corrected chi connectivity index (χ1v) is 7.01. The molecule has 0 aliphatic heterocycles. The molecular formula is C19H16O2. The van der Waals surface area contributed by atoms with E-state index in [9.17, 15) is 4.79 Å². The lowest BCUT2D eigenvalue weighted by Gasteiger charge is -2.07. The first kappa shape index (κ1) is 13.4. The number of ether oxygens (including phenoxy) is 1. The van der Waals surface area contributed by atoms with Crippen LogP contribution in [0, 0.1) is 0 Å². The van der Waals surface area contributed by atoms with Crippen molar-refractivity contribution in [2.75, 3.05) is 0 Å². The fraction of sp³-hybridized carbons (Fsp3) is 0.105. The largest absolute Gasteiger partial charge is 0.426 e. The van der Waals surface area contributed by atoms with Crippen LogP contribution < -0.4 is 4.74 Å². The molecule has 0 N–H and O–H groups in total. The van der Waals surface area contributed by atoms with Crippen molar-refractivity contribution in [2.24, 2.45) is 0 Å². The highest BCUT2D eigenvalue weighted by Gasteiger charge is 2.06. The number of hydrogen-bond donors (Lipinski definition) is 0. The molecule has 0 saturated carbocycles. The van der Waals surface area contributed by atoms with Crippen molar-refractivity contribution in [3.63, 3.8) is 0 Å². The number of rotatable bonds is 4. The predicted octanol–water partition coefficient (Wildman–Crippen LogP) is 4.86. The number of hydrogen-bond acceptors (Lipinski definition) is 2. The summed E-state index contributed by atoms with van der Waals surface area (Å²) < 4.78 is 5.39. The zero-order chi connectivity index (χ0) is 14.7. The van der Waals surface area contributed by atoms with Gasteiger partial charge in [-0.2, -0.15) is 0 Å². The Bertz CT molecular complexity index is 818. The van der Waals surface area contributed by atoms with Crippen LogP contribution >= 0.6 is 0 Å². The minimum absolute atomic E-state index is 0.227. The van der Waals surface area contributed by atoms with Gasteiger partial charge in [-0.1, -0.05) is 48.5 Å². The van der Waals surface area contributed by atoms with E-state index in [0.717, 1.165) is 10.8 Å². The molecule has 2 heteroatoms. The van der Waals surface area contributed by atoms with Gasteiger partial charge in [-0.15, -0.1) is 6.58 Å². The fourth-order valence-corrected chi connectivity index (χ4v) is 2.45. The molecule has 0 aliphatic carbocycles. The molecule has 3 aromatic rings. The maximum absolute atomic E-state index is 11.7. The molecule has 0 amide bonds. The molecule has 21 heavy (non-hydrogen) atoms. The molecule has 0 aliphatic rings. The summed E-state index contributed by atoms with van der Waals surface area (Å²) in [7, 11) is 0. The third kappa shape index (κ3) is 2.79. The van der Waals surface area contributed by atoms with E-state index in [2.05, 4.69) is 30.8 Å². The molecule has 3 aromatic carbocycles. The second-order valence-corrected chi connectivity index (χ2v) is 4.97. The minimum Gasteiger partial charge on any atom is -0.426 e. The Kier molecular flexibility index (Phi) is 3.69. The maximum Gasteiger partial charge on any atom is 0.311 e. The van der Waals surface area contributed by atoms with Gasteiger partial charge in [-0.25, -0.2) is 0 Å². The van der Waals surface area contributed by atoms with Gasteiger partial charge < -0.3 is 4.74 Å². The van der Waals surface area contributed by atoms with Crippen molar-refractivity contribution >= 4 is 27.5 Å². The average Bonchev–Trinajstić information content (AvgIpc) is 2.53. The standard InChI is InChI=1S/C19H16O2/c1-2-3-8-19(20)21-16-12-11-15-10-9-14-6-4-5-7-17(14)18(15)13-16/h2,4-7,9-13H,1,3,8H2. The zero-order valence-electron chi connectivity index (χ0n) is 11.7. The molecule has 0 bridgehead atoms. The number of benzene rings is 3. The van der Waals surface area contributed by atoms with Gasteiger partial charge in [0.15, 0.2) is 0 Å². The van der Waals surface area contributed by atoms with Crippen LogP contribution in [0.15, 0.2) is 67.3 Å². The van der Waals surface area contributed by atoms with Crippen molar-refractivity contribution in [2.45, 2.75) is 12.8 Å².